The molecular weight excluding hydrogens is 337 g/mol. The van der Waals surface area contributed by atoms with Gasteiger partial charge in [0.05, 0.1) is 23.0 Å². The van der Waals surface area contributed by atoms with Gasteiger partial charge in [-0.1, -0.05) is 0 Å². The Morgan fingerprint density at radius 2 is 2.12 bits per heavy atom. The number of nitrogens with two attached hydrogens (primary N) is 1. The van der Waals surface area contributed by atoms with Gasteiger partial charge >= 0.3 is 0 Å². The molecule has 8 heteroatoms. The Kier molecular flexibility index (Phi) is 3.87. The molecule has 4 rings (SSSR count). The molecule has 0 spiro atoms. The number of aromatic nitrogens is 3. The molecule has 2 amide bonds. The predicted octanol–water partition coefficient (Wildman–Crippen LogP) is 1.61. The minimum Gasteiger partial charge on any atom is -0.366 e. The van der Waals surface area contributed by atoms with Crippen molar-refractivity contribution in [1.82, 2.24) is 20.1 Å². The number of fused-ring (bicyclic) bond motifs is 1. The van der Waals surface area contributed by atoms with E-state index < -0.39 is 11.7 Å². The lowest BCUT2D eigenvalue weighted by molar-refractivity contribution is -0.122. The van der Waals surface area contributed by atoms with E-state index in [1.165, 1.54) is 35.1 Å². The maximum atomic E-state index is 13.4. The van der Waals surface area contributed by atoms with E-state index in [0.717, 1.165) is 12.8 Å². The van der Waals surface area contributed by atoms with Gasteiger partial charge in [0.1, 0.15) is 12.4 Å². The monoisotopic (exact) mass is 353 g/mol. The first-order chi connectivity index (χ1) is 12.5. The third-order valence-corrected chi connectivity index (χ3v) is 4.20. The Morgan fingerprint density at radius 3 is 2.85 bits per heavy atom. The summed E-state index contributed by atoms with van der Waals surface area (Å²) in [6, 6.07) is 5.92. The van der Waals surface area contributed by atoms with Gasteiger partial charge in [-0.15, -0.1) is 0 Å². The molecule has 1 saturated carbocycles. The maximum Gasteiger partial charge on any atom is 0.250 e. The van der Waals surface area contributed by atoms with Crippen LogP contribution in [-0.2, 0) is 11.3 Å². The molecule has 7 nitrogen and oxygen atoms in total. The van der Waals surface area contributed by atoms with Gasteiger partial charge in [0.25, 0.3) is 5.91 Å². The zero-order valence-corrected chi connectivity index (χ0v) is 13.8. The minimum absolute atomic E-state index is 0.0845. The van der Waals surface area contributed by atoms with E-state index in [-0.39, 0.29) is 24.1 Å². The quantitative estimate of drug-likeness (QED) is 0.727. The fraction of sp³-hybridized carbons (Fsp3) is 0.222. The van der Waals surface area contributed by atoms with Crippen molar-refractivity contribution in [3.05, 3.63) is 48.0 Å². The fourth-order valence-corrected chi connectivity index (χ4v) is 2.78. The van der Waals surface area contributed by atoms with Gasteiger partial charge in [0.15, 0.2) is 0 Å². The van der Waals surface area contributed by atoms with Crippen molar-refractivity contribution < 1.29 is 14.0 Å². The summed E-state index contributed by atoms with van der Waals surface area (Å²) in [4.78, 5) is 28.2. The summed E-state index contributed by atoms with van der Waals surface area (Å²) in [7, 11) is 0. The molecular formula is C18H16FN5O2. The third kappa shape index (κ3) is 3.26. The lowest BCUT2D eigenvalue weighted by atomic mass is 10.1. The number of hydrogen-bond acceptors (Lipinski definition) is 4. The number of primary amides is 1. The highest BCUT2D eigenvalue weighted by atomic mass is 19.1. The Hall–Kier alpha value is -3.29. The van der Waals surface area contributed by atoms with E-state index in [1.807, 2.05) is 0 Å². The van der Waals surface area contributed by atoms with Crippen LogP contribution in [-0.4, -0.2) is 32.6 Å². The molecule has 3 aromatic rings. The Labute approximate surface area is 148 Å². The molecule has 3 N–H and O–H groups in total. The van der Waals surface area contributed by atoms with Gasteiger partial charge in [0, 0.05) is 23.2 Å². The largest absolute Gasteiger partial charge is 0.366 e. The summed E-state index contributed by atoms with van der Waals surface area (Å²) in [5, 5.41) is 7.53. The van der Waals surface area contributed by atoms with Crippen molar-refractivity contribution in [2.45, 2.75) is 25.4 Å². The van der Waals surface area contributed by atoms with E-state index in [2.05, 4.69) is 15.4 Å². The number of pyridine rings is 1. The molecule has 1 aromatic carbocycles. The lowest BCUT2D eigenvalue weighted by Gasteiger charge is -2.07. The molecule has 0 saturated heterocycles. The van der Waals surface area contributed by atoms with Crippen LogP contribution in [0.5, 0.6) is 0 Å². The molecule has 0 atom stereocenters. The first kappa shape index (κ1) is 16.2. The van der Waals surface area contributed by atoms with Crippen LogP contribution >= 0.6 is 0 Å². The van der Waals surface area contributed by atoms with Crippen molar-refractivity contribution in [1.29, 1.82) is 0 Å². The second-order valence-corrected chi connectivity index (χ2v) is 6.35. The van der Waals surface area contributed by atoms with Crippen molar-refractivity contribution in [2.24, 2.45) is 5.73 Å². The highest BCUT2D eigenvalue weighted by Crippen LogP contribution is 2.26. The van der Waals surface area contributed by atoms with Gasteiger partial charge in [0.2, 0.25) is 5.91 Å². The molecule has 0 bridgehead atoms. The van der Waals surface area contributed by atoms with Gasteiger partial charge in [-0.05, 0) is 37.1 Å². The molecule has 132 valence electrons. The van der Waals surface area contributed by atoms with Crippen molar-refractivity contribution in [3.63, 3.8) is 0 Å². The second-order valence-electron chi connectivity index (χ2n) is 6.35. The zero-order valence-electron chi connectivity index (χ0n) is 13.8. The Balaban J connectivity index is 1.68. The van der Waals surface area contributed by atoms with E-state index in [4.69, 9.17) is 5.73 Å². The number of nitrogens with zero attached hydrogens (tertiary/aromatic N) is 3. The summed E-state index contributed by atoms with van der Waals surface area (Å²) in [6.07, 6.45) is 5.19. The predicted molar refractivity (Wildman–Crippen MR) is 92.6 cm³/mol. The van der Waals surface area contributed by atoms with Crippen LogP contribution in [0.25, 0.3) is 22.2 Å². The molecule has 2 aromatic heterocycles. The average Bonchev–Trinajstić information content (AvgIpc) is 3.28. The number of nitrogens with one attached hydrogen (secondary N) is 1. The van der Waals surface area contributed by atoms with Crippen LogP contribution in [0.15, 0.2) is 36.7 Å². The Morgan fingerprint density at radius 1 is 1.31 bits per heavy atom. The standard InChI is InChI=1S/C18H16FN5O2/c19-12-1-4-15-10(5-12)6-14(18(20)26)17(23-15)11-7-21-24(8-11)9-16(25)22-13-2-3-13/h1,4-8,13H,2-3,9H2,(H2,20,26)(H,22,25). The molecule has 1 fully saturated rings. The number of hydrogen-bond donors (Lipinski definition) is 2. The van der Waals surface area contributed by atoms with Crippen LogP contribution < -0.4 is 11.1 Å². The van der Waals surface area contributed by atoms with Crippen molar-refractivity contribution >= 4 is 22.7 Å². The van der Waals surface area contributed by atoms with Crippen LogP contribution in [0.3, 0.4) is 0 Å². The van der Waals surface area contributed by atoms with E-state index >= 15 is 0 Å². The van der Waals surface area contributed by atoms with Gasteiger partial charge in [-0.2, -0.15) is 5.10 Å². The van der Waals surface area contributed by atoms with Crippen LogP contribution in [0.2, 0.25) is 0 Å². The number of rotatable bonds is 5. The smallest absolute Gasteiger partial charge is 0.250 e. The van der Waals surface area contributed by atoms with Crippen LogP contribution in [0, 0.1) is 5.82 Å². The van der Waals surface area contributed by atoms with Gasteiger partial charge < -0.3 is 11.1 Å². The summed E-state index contributed by atoms with van der Waals surface area (Å²) in [6.45, 7) is 0.0845. The highest BCUT2D eigenvalue weighted by Gasteiger charge is 2.23. The second kappa shape index (κ2) is 6.21. The molecule has 1 aliphatic carbocycles. The van der Waals surface area contributed by atoms with Crippen LogP contribution in [0.4, 0.5) is 4.39 Å². The summed E-state index contributed by atoms with van der Waals surface area (Å²) >= 11 is 0. The number of halogens is 1. The summed E-state index contributed by atoms with van der Waals surface area (Å²) < 4.78 is 14.9. The average molecular weight is 353 g/mol. The van der Waals surface area contributed by atoms with E-state index in [0.29, 0.717) is 22.2 Å². The van der Waals surface area contributed by atoms with E-state index in [1.54, 1.807) is 6.20 Å². The molecule has 2 heterocycles. The Bertz CT molecular complexity index is 1030. The molecule has 26 heavy (non-hydrogen) atoms. The summed E-state index contributed by atoms with van der Waals surface area (Å²) in [5.74, 6) is -1.20. The fourth-order valence-electron chi connectivity index (χ4n) is 2.78. The topological polar surface area (TPSA) is 103 Å². The van der Waals surface area contributed by atoms with Crippen molar-refractivity contribution in [3.8, 4) is 11.3 Å². The molecule has 0 unspecified atom stereocenters. The number of carbonyl (C=O) groups excluding carboxylic acids is 2. The first-order valence-electron chi connectivity index (χ1n) is 8.22. The first-order valence-corrected chi connectivity index (χ1v) is 8.22. The van der Waals surface area contributed by atoms with Crippen molar-refractivity contribution in [2.75, 3.05) is 0 Å². The molecule has 0 radical (unpaired) electrons. The van der Waals surface area contributed by atoms with Gasteiger partial charge in [-0.25, -0.2) is 9.37 Å². The number of carbonyl (C=O) groups is 2. The number of amides is 2. The molecule has 0 aliphatic heterocycles. The van der Waals surface area contributed by atoms with E-state index in [9.17, 15) is 14.0 Å². The molecule has 1 aliphatic rings. The maximum absolute atomic E-state index is 13.4. The number of benzene rings is 1. The SMILES string of the molecule is NC(=O)c1cc2cc(F)ccc2nc1-c1cnn(CC(=O)NC2CC2)c1. The summed E-state index contributed by atoms with van der Waals surface area (Å²) in [5.41, 5.74) is 7.08. The third-order valence-electron chi connectivity index (χ3n) is 4.20. The minimum atomic E-state index is -0.669. The zero-order chi connectivity index (χ0) is 18.3. The van der Waals surface area contributed by atoms with Crippen LogP contribution in [0.1, 0.15) is 23.2 Å². The normalized spacial score (nSPS) is 13.7. The lowest BCUT2D eigenvalue weighted by Crippen LogP contribution is -2.29. The highest BCUT2D eigenvalue weighted by molar-refractivity contribution is 6.02. The van der Waals surface area contributed by atoms with Gasteiger partial charge in [-0.3, -0.25) is 14.3 Å².